The molecule has 0 unspecified atom stereocenters. The monoisotopic (exact) mass is 324 g/mol. The number of aromatic carboxylic acids is 1. The first-order valence-corrected chi connectivity index (χ1v) is 7.41. The molecule has 21 heavy (non-hydrogen) atoms. The molecular formula is C14H13ClN2O3S. The van der Waals surface area contributed by atoms with Crippen molar-refractivity contribution in [1.82, 2.24) is 4.98 Å². The molecule has 0 aliphatic heterocycles. The summed E-state index contributed by atoms with van der Waals surface area (Å²) in [4.78, 5) is 27.5. The summed E-state index contributed by atoms with van der Waals surface area (Å²) in [5, 5.41) is 12.4. The number of hydrogen-bond donors (Lipinski definition) is 2. The van der Waals surface area contributed by atoms with Gasteiger partial charge in [-0.1, -0.05) is 18.5 Å². The minimum absolute atomic E-state index is 0.215. The van der Waals surface area contributed by atoms with E-state index in [9.17, 15) is 9.59 Å². The Morgan fingerprint density at radius 2 is 2.10 bits per heavy atom. The highest BCUT2D eigenvalue weighted by atomic mass is 35.5. The Labute approximate surface area is 130 Å². The van der Waals surface area contributed by atoms with E-state index in [2.05, 4.69) is 10.3 Å². The third-order valence-electron chi connectivity index (χ3n) is 2.82. The van der Waals surface area contributed by atoms with E-state index in [4.69, 9.17) is 16.7 Å². The van der Waals surface area contributed by atoms with Gasteiger partial charge in [0.25, 0.3) is 5.91 Å². The molecule has 5 nitrogen and oxygen atoms in total. The number of thiophene rings is 1. The number of carbonyl (C=O) groups excluding carboxylic acids is 1. The molecule has 2 heterocycles. The number of halogens is 1. The normalized spacial score (nSPS) is 10.4. The van der Waals surface area contributed by atoms with Crippen molar-refractivity contribution in [2.45, 2.75) is 20.3 Å². The largest absolute Gasteiger partial charge is 0.477 e. The first-order chi connectivity index (χ1) is 9.90. The van der Waals surface area contributed by atoms with Crippen molar-refractivity contribution in [3.05, 3.63) is 45.1 Å². The number of carboxylic acids is 1. The number of aryl methyl sites for hydroxylation is 2. The molecule has 2 aromatic heterocycles. The second kappa shape index (κ2) is 6.24. The number of carbonyl (C=O) groups is 2. The molecule has 0 aliphatic rings. The summed E-state index contributed by atoms with van der Waals surface area (Å²) < 4.78 is 0. The Balaban J connectivity index is 2.24. The van der Waals surface area contributed by atoms with Crippen LogP contribution in [0.5, 0.6) is 0 Å². The number of pyridine rings is 1. The van der Waals surface area contributed by atoms with Crippen LogP contribution in [0.1, 0.15) is 38.2 Å². The molecule has 0 saturated carbocycles. The van der Waals surface area contributed by atoms with Gasteiger partial charge >= 0.3 is 5.97 Å². The van der Waals surface area contributed by atoms with Gasteiger partial charge < -0.3 is 10.4 Å². The molecule has 7 heteroatoms. The van der Waals surface area contributed by atoms with Crippen LogP contribution < -0.4 is 5.32 Å². The SMILES string of the molecule is CCc1cc(C(=O)Nc2cc(C)c(C(=O)O)s2)cc(Cl)n1. The van der Waals surface area contributed by atoms with Crippen LogP contribution in [0.25, 0.3) is 0 Å². The number of nitrogens with zero attached hydrogens (tertiary/aromatic N) is 1. The Morgan fingerprint density at radius 3 is 2.67 bits per heavy atom. The Hall–Kier alpha value is -1.92. The molecule has 0 radical (unpaired) electrons. The molecule has 0 spiro atoms. The number of anilines is 1. The minimum atomic E-state index is -1.00. The summed E-state index contributed by atoms with van der Waals surface area (Å²) in [6.07, 6.45) is 0.669. The van der Waals surface area contributed by atoms with Gasteiger partial charge in [0.1, 0.15) is 10.0 Å². The summed E-state index contributed by atoms with van der Waals surface area (Å²) in [7, 11) is 0. The van der Waals surface area contributed by atoms with E-state index in [1.54, 1.807) is 19.1 Å². The first kappa shape index (κ1) is 15.5. The standard InChI is InChI=1S/C14H13ClN2O3S/c1-3-9-5-8(6-10(15)16-9)13(18)17-11-4-7(2)12(21-11)14(19)20/h4-6H,3H2,1-2H3,(H,17,18)(H,19,20). The van der Waals surface area contributed by atoms with Crippen LogP contribution in [0.2, 0.25) is 5.15 Å². The van der Waals surface area contributed by atoms with Crippen LogP contribution in [0.15, 0.2) is 18.2 Å². The Morgan fingerprint density at radius 1 is 1.38 bits per heavy atom. The number of amides is 1. The van der Waals surface area contributed by atoms with E-state index in [1.165, 1.54) is 6.07 Å². The highest BCUT2D eigenvalue weighted by Crippen LogP contribution is 2.27. The number of hydrogen-bond acceptors (Lipinski definition) is 4. The molecule has 0 atom stereocenters. The smallest absolute Gasteiger partial charge is 0.346 e. The van der Waals surface area contributed by atoms with E-state index < -0.39 is 5.97 Å². The van der Waals surface area contributed by atoms with Crippen LogP contribution in [-0.2, 0) is 6.42 Å². The van der Waals surface area contributed by atoms with Gasteiger partial charge in [0.15, 0.2) is 0 Å². The summed E-state index contributed by atoms with van der Waals surface area (Å²) in [6, 6.07) is 4.78. The minimum Gasteiger partial charge on any atom is -0.477 e. The maximum Gasteiger partial charge on any atom is 0.346 e. The fourth-order valence-electron chi connectivity index (χ4n) is 1.80. The van der Waals surface area contributed by atoms with Gasteiger partial charge in [0.2, 0.25) is 0 Å². The summed E-state index contributed by atoms with van der Waals surface area (Å²) >= 11 is 6.91. The second-order valence-corrected chi connectivity index (χ2v) is 5.84. The summed E-state index contributed by atoms with van der Waals surface area (Å²) in [5.41, 5.74) is 1.74. The third-order valence-corrected chi connectivity index (χ3v) is 4.15. The van der Waals surface area contributed by atoms with Crippen molar-refractivity contribution in [2.24, 2.45) is 0 Å². The second-order valence-electron chi connectivity index (χ2n) is 4.41. The van der Waals surface area contributed by atoms with E-state index in [0.29, 0.717) is 22.5 Å². The molecule has 0 saturated heterocycles. The average molecular weight is 325 g/mol. The highest BCUT2D eigenvalue weighted by Gasteiger charge is 2.15. The zero-order chi connectivity index (χ0) is 15.6. The van der Waals surface area contributed by atoms with Crippen LogP contribution in [-0.4, -0.2) is 22.0 Å². The van der Waals surface area contributed by atoms with Crippen molar-refractivity contribution >= 4 is 39.8 Å². The van der Waals surface area contributed by atoms with E-state index in [1.807, 2.05) is 6.92 Å². The van der Waals surface area contributed by atoms with Crippen LogP contribution in [0.4, 0.5) is 5.00 Å². The zero-order valence-electron chi connectivity index (χ0n) is 11.4. The first-order valence-electron chi connectivity index (χ1n) is 6.22. The van der Waals surface area contributed by atoms with Gasteiger partial charge in [-0.15, -0.1) is 11.3 Å². The topological polar surface area (TPSA) is 79.3 Å². The predicted octanol–water partition coefficient (Wildman–Crippen LogP) is 3.62. The number of aromatic nitrogens is 1. The summed E-state index contributed by atoms with van der Waals surface area (Å²) in [6.45, 7) is 3.61. The molecule has 0 aliphatic carbocycles. The Bertz CT molecular complexity index is 712. The molecular weight excluding hydrogens is 312 g/mol. The van der Waals surface area contributed by atoms with Crippen molar-refractivity contribution in [3.63, 3.8) is 0 Å². The van der Waals surface area contributed by atoms with Crippen molar-refractivity contribution in [1.29, 1.82) is 0 Å². The predicted molar refractivity (Wildman–Crippen MR) is 82.6 cm³/mol. The van der Waals surface area contributed by atoms with Gasteiger partial charge in [0.05, 0.1) is 5.00 Å². The maximum absolute atomic E-state index is 12.2. The zero-order valence-corrected chi connectivity index (χ0v) is 13.0. The van der Waals surface area contributed by atoms with Crippen LogP contribution >= 0.6 is 22.9 Å². The lowest BCUT2D eigenvalue weighted by Gasteiger charge is -2.05. The number of nitrogens with one attached hydrogen (secondary N) is 1. The molecule has 0 aromatic carbocycles. The lowest BCUT2D eigenvalue weighted by Crippen LogP contribution is -2.11. The van der Waals surface area contributed by atoms with Crippen LogP contribution in [0, 0.1) is 6.92 Å². The van der Waals surface area contributed by atoms with Gasteiger partial charge in [-0.25, -0.2) is 9.78 Å². The average Bonchev–Trinajstić information content (AvgIpc) is 2.78. The van der Waals surface area contributed by atoms with E-state index in [-0.39, 0.29) is 15.9 Å². The van der Waals surface area contributed by atoms with Crippen molar-refractivity contribution < 1.29 is 14.7 Å². The van der Waals surface area contributed by atoms with E-state index >= 15 is 0 Å². The van der Waals surface area contributed by atoms with Crippen molar-refractivity contribution in [2.75, 3.05) is 5.32 Å². The molecule has 2 N–H and O–H groups in total. The highest BCUT2D eigenvalue weighted by molar-refractivity contribution is 7.18. The van der Waals surface area contributed by atoms with Gasteiger partial charge in [-0.3, -0.25) is 4.79 Å². The molecule has 1 amide bonds. The lowest BCUT2D eigenvalue weighted by atomic mass is 10.2. The fourth-order valence-corrected chi connectivity index (χ4v) is 2.94. The van der Waals surface area contributed by atoms with Crippen LogP contribution in [0.3, 0.4) is 0 Å². The molecule has 110 valence electrons. The quantitative estimate of drug-likeness (QED) is 0.842. The van der Waals surface area contributed by atoms with Gasteiger partial charge in [-0.05, 0) is 37.1 Å². The molecule has 2 aromatic rings. The summed E-state index contributed by atoms with van der Waals surface area (Å²) in [5.74, 6) is -1.34. The third kappa shape index (κ3) is 3.59. The maximum atomic E-state index is 12.2. The van der Waals surface area contributed by atoms with Gasteiger partial charge in [-0.2, -0.15) is 0 Å². The molecule has 0 bridgehead atoms. The van der Waals surface area contributed by atoms with Crippen molar-refractivity contribution in [3.8, 4) is 0 Å². The lowest BCUT2D eigenvalue weighted by molar-refractivity contribution is 0.0701. The number of rotatable bonds is 4. The number of carboxylic acid groups (broad SMARTS) is 1. The van der Waals surface area contributed by atoms with E-state index in [0.717, 1.165) is 17.0 Å². The Kier molecular flexibility index (Phi) is 4.59. The van der Waals surface area contributed by atoms with Gasteiger partial charge in [0, 0.05) is 11.3 Å². The molecule has 0 fully saturated rings. The molecule has 2 rings (SSSR count). The fraction of sp³-hybridized carbons (Fsp3) is 0.214.